The van der Waals surface area contributed by atoms with Crippen LogP contribution in [-0.4, -0.2) is 16.1 Å². The first-order chi connectivity index (χ1) is 14.6. The first-order valence-electron chi connectivity index (χ1n) is 9.68. The lowest BCUT2D eigenvalue weighted by molar-refractivity contribution is -0.125. The van der Waals surface area contributed by atoms with Gasteiger partial charge in [-0.2, -0.15) is 5.26 Å². The van der Waals surface area contributed by atoms with E-state index in [0.29, 0.717) is 17.1 Å². The molecule has 1 heterocycles. The van der Waals surface area contributed by atoms with Crippen molar-refractivity contribution in [3.8, 4) is 6.07 Å². The van der Waals surface area contributed by atoms with Crippen molar-refractivity contribution in [2.45, 2.75) is 19.3 Å². The van der Waals surface area contributed by atoms with Gasteiger partial charge in [0.15, 0.2) is 0 Å². The highest BCUT2D eigenvalue weighted by Crippen LogP contribution is 2.51. The SMILES string of the molecule is C[C@]1(C(=O)Nc2nncs2)Cc2ccc(C#N)cc2[C@H]1c1ccc2ccccc2c1. The zero-order chi connectivity index (χ0) is 20.7. The van der Waals surface area contributed by atoms with Crippen molar-refractivity contribution in [2.75, 3.05) is 5.32 Å². The summed E-state index contributed by atoms with van der Waals surface area (Å²) in [7, 11) is 0. The summed E-state index contributed by atoms with van der Waals surface area (Å²) in [5, 5.41) is 22.9. The summed E-state index contributed by atoms with van der Waals surface area (Å²) in [5.41, 5.74) is 4.69. The van der Waals surface area contributed by atoms with Gasteiger partial charge >= 0.3 is 0 Å². The Bertz CT molecular complexity index is 1310. The third-order valence-corrected chi connectivity index (χ3v) is 6.59. The molecule has 1 amide bonds. The van der Waals surface area contributed by atoms with E-state index < -0.39 is 5.41 Å². The average Bonchev–Trinajstić information content (AvgIpc) is 3.38. The highest BCUT2D eigenvalue weighted by atomic mass is 32.1. The molecule has 1 aliphatic carbocycles. The second-order valence-electron chi connectivity index (χ2n) is 7.86. The fraction of sp³-hybridized carbons (Fsp3) is 0.167. The molecule has 0 unspecified atom stereocenters. The minimum absolute atomic E-state index is 0.0906. The minimum Gasteiger partial charge on any atom is -0.300 e. The molecule has 146 valence electrons. The molecule has 3 aromatic carbocycles. The molecule has 4 aromatic rings. The summed E-state index contributed by atoms with van der Waals surface area (Å²) in [6, 6.07) is 22.5. The normalized spacial score (nSPS) is 19.9. The number of carbonyl (C=O) groups is 1. The van der Waals surface area contributed by atoms with Crippen LogP contribution in [0, 0.1) is 16.7 Å². The van der Waals surface area contributed by atoms with E-state index in [1.54, 1.807) is 5.51 Å². The molecule has 1 N–H and O–H groups in total. The second kappa shape index (κ2) is 7.05. The zero-order valence-electron chi connectivity index (χ0n) is 16.3. The average molecular weight is 411 g/mol. The molecule has 1 aromatic heterocycles. The lowest BCUT2D eigenvalue weighted by atomic mass is 9.73. The standard InChI is InChI=1S/C24H18N4OS/c1-24(22(29)27-23-28-26-14-30-23)12-19-7-6-15(13-25)10-20(19)21(24)18-9-8-16-4-2-3-5-17(16)11-18/h2-11,14,21H,12H2,1H3,(H,27,28,29)/t21-,24+/m1/s1. The second-order valence-corrected chi connectivity index (χ2v) is 8.69. The zero-order valence-corrected chi connectivity index (χ0v) is 17.1. The molecule has 0 aliphatic heterocycles. The molecule has 0 spiro atoms. The summed E-state index contributed by atoms with van der Waals surface area (Å²) < 4.78 is 0. The summed E-state index contributed by atoms with van der Waals surface area (Å²) in [5.74, 6) is -0.259. The van der Waals surface area contributed by atoms with Crippen LogP contribution in [0.25, 0.3) is 10.8 Å². The highest BCUT2D eigenvalue weighted by molar-refractivity contribution is 7.13. The van der Waals surface area contributed by atoms with Crippen molar-refractivity contribution in [2.24, 2.45) is 5.41 Å². The maximum atomic E-state index is 13.5. The van der Waals surface area contributed by atoms with Gasteiger partial charge in [-0.3, -0.25) is 4.79 Å². The van der Waals surface area contributed by atoms with E-state index in [4.69, 9.17) is 0 Å². The van der Waals surface area contributed by atoms with Gasteiger partial charge in [0, 0.05) is 5.92 Å². The fourth-order valence-corrected chi connectivity index (χ4v) is 4.99. The Morgan fingerprint density at radius 1 is 1.17 bits per heavy atom. The van der Waals surface area contributed by atoms with Crippen LogP contribution < -0.4 is 5.32 Å². The predicted octanol–water partition coefficient (Wildman–Crippen LogP) is 4.90. The number of amides is 1. The first-order valence-corrected chi connectivity index (χ1v) is 10.6. The monoisotopic (exact) mass is 410 g/mol. The number of rotatable bonds is 3. The van der Waals surface area contributed by atoms with E-state index in [0.717, 1.165) is 27.5 Å². The fourth-order valence-electron chi connectivity index (χ4n) is 4.55. The largest absolute Gasteiger partial charge is 0.300 e. The van der Waals surface area contributed by atoms with Crippen molar-refractivity contribution in [1.29, 1.82) is 5.26 Å². The van der Waals surface area contributed by atoms with Gasteiger partial charge in [-0.25, -0.2) is 0 Å². The molecule has 0 fully saturated rings. The number of aromatic nitrogens is 2. The Balaban J connectivity index is 1.65. The number of carbonyl (C=O) groups excluding carboxylic acids is 1. The van der Waals surface area contributed by atoms with Gasteiger partial charge < -0.3 is 5.32 Å². The van der Waals surface area contributed by atoms with Crippen LogP contribution in [0.15, 0.2) is 66.2 Å². The summed E-state index contributed by atoms with van der Waals surface area (Å²) in [6.45, 7) is 2.00. The number of nitriles is 1. The molecule has 2 atom stereocenters. The highest BCUT2D eigenvalue weighted by Gasteiger charge is 2.49. The van der Waals surface area contributed by atoms with E-state index in [1.165, 1.54) is 11.3 Å². The number of nitrogens with one attached hydrogen (secondary N) is 1. The maximum Gasteiger partial charge on any atom is 0.233 e. The summed E-state index contributed by atoms with van der Waals surface area (Å²) >= 11 is 1.30. The number of benzene rings is 3. The van der Waals surface area contributed by atoms with E-state index >= 15 is 0 Å². The lowest BCUT2D eigenvalue weighted by Crippen LogP contribution is -2.37. The molecule has 1 aliphatic rings. The van der Waals surface area contributed by atoms with Gasteiger partial charge in [-0.1, -0.05) is 59.9 Å². The predicted molar refractivity (Wildman–Crippen MR) is 117 cm³/mol. The Kier molecular flexibility index (Phi) is 4.34. The van der Waals surface area contributed by atoms with E-state index in [9.17, 15) is 10.1 Å². The molecule has 30 heavy (non-hydrogen) atoms. The molecule has 5 nitrogen and oxygen atoms in total. The van der Waals surface area contributed by atoms with Gasteiger partial charge in [0.05, 0.1) is 17.0 Å². The third-order valence-electron chi connectivity index (χ3n) is 5.99. The van der Waals surface area contributed by atoms with E-state index in [2.05, 4.69) is 51.9 Å². The minimum atomic E-state index is -0.718. The Morgan fingerprint density at radius 2 is 2.00 bits per heavy atom. The topological polar surface area (TPSA) is 78.7 Å². The Hall–Kier alpha value is -3.56. The van der Waals surface area contributed by atoms with Crippen LogP contribution in [0.4, 0.5) is 5.13 Å². The third kappa shape index (κ3) is 2.95. The van der Waals surface area contributed by atoms with Crippen molar-refractivity contribution < 1.29 is 4.79 Å². The van der Waals surface area contributed by atoms with Gasteiger partial charge in [0.2, 0.25) is 11.0 Å². The van der Waals surface area contributed by atoms with Gasteiger partial charge in [0.25, 0.3) is 0 Å². The smallest absolute Gasteiger partial charge is 0.233 e. The molecular weight excluding hydrogens is 392 g/mol. The molecule has 5 rings (SSSR count). The van der Waals surface area contributed by atoms with Crippen molar-refractivity contribution in [1.82, 2.24) is 10.2 Å². The Morgan fingerprint density at radius 3 is 2.77 bits per heavy atom. The van der Waals surface area contributed by atoms with Crippen molar-refractivity contribution in [3.63, 3.8) is 0 Å². The number of hydrogen-bond acceptors (Lipinski definition) is 5. The number of anilines is 1. The van der Waals surface area contributed by atoms with Crippen molar-refractivity contribution in [3.05, 3.63) is 88.4 Å². The number of nitrogens with zero attached hydrogens (tertiary/aromatic N) is 3. The van der Waals surface area contributed by atoms with E-state index in [1.807, 2.05) is 37.3 Å². The first kappa shape index (κ1) is 18.5. The molecule has 6 heteroatoms. The Labute approximate surface area is 178 Å². The van der Waals surface area contributed by atoms with Gasteiger partial charge in [0.1, 0.15) is 5.51 Å². The summed E-state index contributed by atoms with van der Waals surface area (Å²) in [4.78, 5) is 13.5. The van der Waals surface area contributed by atoms with Crippen LogP contribution >= 0.6 is 11.3 Å². The quantitative estimate of drug-likeness (QED) is 0.521. The molecular formula is C24H18N4OS. The molecule has 0 radical (unpaired) electrons. The summed E-state index contributed by atoms with van der Waals surface area (Å²) in [6.07, 6.45) is 0.593. The lowest BCUT2D eigenvalue weighted by Gasteiger charge is -2.31. The maximum absolute atomic E-state index is 13.5. The molecule has 0 saturated heterocycles. The molecule has 0 saturated carbocycles. The van der Waals surface area contributed by atoms with Gasteiger partial charge in [-0.15, -0.1) is 10.2 Å². The number of fused-ring (bicyclic) bond motifs is 2. The molecule has 0 bridgehead atoms. The number of hydrogen-bond donors (Lipinski definition) is 1. The van der Waals surface area contributed by atoms with Crippen molar-refractivity contribution >= 4 is 33.1 Å². The van der Waals surface area contributed by atoms with Crippen LogP contribution in [0.1, 0.15) is 35.1 Å². The van der Waals surface area contributed by atoms with Crippen LogP contribution in [0.2, 0.25) is 0 Å². The van der Waals surface area contributed by atoms with Crippen LogP contribution in [0.5, 0.6) is 0 Å². The van der Waals surface area contributed by atoms with Crippen LogP contribution in [-0.2, 0) is 11.2 Å². The van der Waals surface area contributed by atoms with E-state index in [-0.39, 0.29) is 11.8 Å². The van der Waals surface area contributed by atoms with Gasteiger partial charge in [-0.05, 0) is 52.9 Å². The van der Waals surface area contributed by atoms with Crippen LogP contribution in [0.3, 0.4) is 0 Å².